The highest BCUT2D eigenvalue weighted by Crippen LogP contribution is 2.26. The summed E-state index contributed by atoms with van der Waals surface area (Å²) >= 11 is 0. The molecule has 82 valence electrons. The lowest BCUT2D eigenvalue weighted by atomic mass is 10.0. The van der Waals surface area contributed by atoms with E-state index in [0.29, 0.717) is 0 Å². The number of aromatic nitrogens is 2. The first-order valence-corrected chi connectivity index (χ1v) is 5.62. The van der Waals surface area contributed by atoms with Crippen molar-refractivity contribution in [2.45, 2.75) is 6.92 Å². The largest absolute Gasteiger partial charge is 0.158 e. The molecule has 2 aromatic carbocycles. The Morgan fingerprint density at radius 3 is 2.71 bits per heavy atom. The maximum absolute atomic E-state index is 4.14. The quantitative estimate of drug-likeness (QED) is 0.626. The second-order valence-electron chi connectivity index (χ2n) is 4.14. The number of hydrogen-bond acceptors (Lipinski definition) is 2. The van der Waals surface area contributed by atoms with E-state index >= 15 is 0 Å². The number of hydrogen-bond donors (Lipinski definition) is 0. The van der Waals surface area contributed by atoms with Crippen molar-refractivity contribution in [3.8, 4) is 11.1 Å². The van der Waals surface area contributed by atoms with Gasteiger partial charge in [0.2, 0.25) is 0 Å². The molecule has 0 saturated heterocycles. The number of fused-ring (bicyclic) bond motifs is 1. The molecule has 0 amide bonds. The number of aryl methyl sites for hydroxylation is 1. The van der Waals surface area contributed by atoms with E-state index in [-0.39, 0.29) is 0 Å². The van der Waals surface area contributed by atoms with E-state index in [1.807, 2.05) is 24.4 Å². The van der Waals surface area contributed by atoms with Crippen molar-refractivity contribution in [1.82, 2.24) is 10.2 Å². The number of benzene rings is 2. The lowest BCUT2D eigenvalue weighted by Crippen LogP contribution is -1.88. The van der Waals surface area contributed by atoms with Crippen molar-refractivity contribution < 1.29 is 0 Å². The van der Waals surface area contributed by atoms with Crippen molar-refractivity contribution in [2.24, 2.45) is 0 Å². The number of rotatable bonds is 1. The Bertz CT molecular complexity index is 669. The molecule has 1 heterocycles. The first kappa shape index (κ1) is 9.97. The summed E-state index contributed by atoms with van der Waals surface area (Å²) in [4.78, 5) is 0. The Balaban J connectivity index is 2.30. The first-order valence-electron chi connectivity index (χ1n) is 5.62. The number of nitrogens with zero attached hydrogens (tertiary/aromatic N) is 2. The Labute approximate surface area is 99.9 Å². The first-order chi connectivity index (χ1) is 8.34. The molecular formula is C15H12N2. The Hall–Kier alpha value is -2.22. The standard InChI is InChI=1S/C15H12N2/c1-11-5-4-6-12(9-11)14-10-16-17-15-8-3-2-7-13(14)15/h2-10H,1H3. The molecule has 0 N–H and O–H groups in total. The van der Waals surface area contributed by atoms with Crippen LogP contribution in [0, 0.1) is 6.92 Å². The zero-order valence-corrected chi connectivity index (χ0v) is 9.59. The van der Waals surface area contributed by atoms with E-state index in [9.17, 15) is 0 Å². The predicted molar refractivity (Wildman–Crippen MR) is 69.7 cm³/mol. The summed E-state index contributed by atoms with van der Waals surface area (Å²) < 4.78 is 0. The Kier molecular flexibility index (Phi) is 2.33. The molecule has 0 aliphatic heterocycles. The lowest BCUT2D eigenvalue weighted by molar-refractivity contribution is 1.08. The normalized spacial score (nSPS) is 10.6. The zero-order valence-electron chi connectivity index (χ0n) is 9.59. The molecule has 3 rings (SSSR count). The summed E-state index contributed by atoms with van der Waals surface area (Å²) in [5.41, 5.74) is 4.52. The van der Waals surface area contributed by atoms with Crippen molar-refractivity contribution in [1.29, 1.82) is 0 Å². The van der Waals surface area contributed by atoms with Crippen LogP contribution in [0.2, 0.25) is 0 Å². The van der Waals surface area contributed by atoms with Crippen LogP contribution in [0.1, 0.15) is 5.56 Å². The van der Waals surface area contributed by atoms with Gasteiger partial charge in [-0.2, -0.15) is 10.2 Å². The molecule has 2 nitrogen and oxygen atoms in total. The van der Waals surface area contributed by atoms with Gasteiger partial charge in [-0.1, -0.05) is 48.0 Å². The van der Waals surface area contributed by atoms with Gasteiger partial charge in [0.15, 0.2) is 0 Å². The fraction of sp³-hybridized carbons (Fsp3) is 0.0667. The van der Waals surface area contributed by atoms with E-state index < -0.39 is 0 Å². The fourth-order valence-corrected chi connectivity index (χ4v) is 2.05. The van der Waals surface area contributed by atoms with E-state index in [0.717, 1.165) is 16.5 Å². The highest BCUT2D eigenvalue weighted by molar-refractivity contribution is 5.93. The van der Waals surface area contributed by atoms with Crippen LogP contribution < -0.4 is 0 Å². The fourth-order valence-electron chi connectivity index (χ4n) is 2.05. The molecule has 0 unspecified atom stereocenters. The molecule has 3 aromatic rings. The van der Waals surface area contributed by atoms with Crippen molar-refractivity contribution in [2.75, 3.05) is 0 Å². The highest BCUT2D eigenvalue weighted by atomic mass is 15.1. The van der Waals surface area contributed by atoms with Gasteiger partial charge < -0.3 is 0 Å². The van der Waals surface area contributed by atoms with Crippen LogP contribution in [0.25, 0.3) is 22.0 Å². The van der Waals surface area contributed by atoms with Crippen LogP contribution in [0.5, 0.6) is 0 Å². The van der Waals surface area contributed by atoms with Gasteiger partial charge in [0.1, 0.15) is 0 Å². The third-order valence-corrected chi connectivity index (χ3v) is 2.88. The van der Waals surface area contributed by atoms with Gasteiger partial charge in [-0.3, -0.25) is 0 Å². The van der Waals surface area contributed by atoms with Crippen molar-refractivity contribution >= 4 is 10.9 Å². The average molecular weight is 220 g/mol. The third kappa shape index (κ3) is 1.78. The van der Waals surface area contributed by atoms with Crippen LogP contribution in [0.3, 0.4) is 0 Å². The topological polar surface area (TPSA) is 25.8 Å². The summed E-state index contributed by atoms with van der Waals surface area (Å²) in [6.07, 6.45) is 1.83. The minimum atomic E-state index is 0.937. The summed E-state index contributed by atoms with van der Waals surface area (Å²) in [5, 5.41) is 9.36. The van der Waals surface area contributed by atoms with Crippen LogP contribution in [0.15, 0.2) is 54.7 Å². The molecule has 17 heavy (non-hydrogen) atoms. The van der Waals surface area contributed by atoms with Crippen LogP contribution in [-0.4, -0.2) is 10.2 Å². The van der Waals surface area contributed by atoms with Gasteiger partial charge in [-0.05, 0) is 18.6 Å². The molecule has 0 aliphatic carbocycles. The minimum Gasteiger partial charge on any atom is -0.158 e. The van der Waals surface area contributed by atoms with E-state index in [1.54, 1.807) is 0 Å². The minimum absolute atomic E-state index is 0.937. The van der Waals surface area contributed by atoms with E-state index in [1.165, 1.54) is 11.1 Å². The zero-order chi connectivity index (χ0) is 11.7. The van der Waals surface area contributed by atoms with Gasteiger partial charge >= 0.3 is 0 Å². The van der Waals surface area contributed by atoms with Crippen LogP contribution >= 0.6 is 0 Å². The maximum Gasteiger partial charge on any atom is 0.0935 e. The molecule has 0 radical (unpaired) electrons. The van der Waals surface area contributed by atoms with E-state index in [2.05, 4.69) is 47.5 Å². The average Bonchev–Trinajstić information content (AvgIpc) is 2.38. The van der Waals surface area contributed by atoms with Gasteiger partial charge in [0.25, 0.3) is 0 Å². The van der Waals surface area contributed by atoms with Crippen LogP contribution in [-0.2, 0) is 0 Å². The predicted octanol–water partition coefficient (Wildman–Crippen LogP) is 3.61. The second-order valence-corrected chi connectivity index (χ2v) is 4.14. The van der Waals surface area contributed by atoms with Gasteiger partial charge in [-0.15, -0.1) is 0 Å². The summed E-state index contributed by atoms with van der Waals surface area (Å²) in [6.45, 7) is 2.10. The Morgan fingerprint density at radius 2 is 1.82 bits per heavy atom. The lowest BCUT2D eigenvalue weighted by Gasteiger charge is -2.05. The molecule has 0 aliphatic rings. The highest BCUT2D eigenvalue weighted by Gasteiger charge is 2.04. The molecule has 1 aromatic heterocycles. The monoisotopic (exact) mass is 220 g/mol. The molecule has 0 atom stereocenters. The second kappa shape index (κ2) is 3.98. The molecule has 2 heteroatoms. The molecule has 0 bridgehead atoms. The third-order valence-electron chi connectivity index (χ3n) is 2.88. The molecule has 0 spiro atoms. The van der Waals surface area contributed by atoms with Gasteiger partial charge in [0.05, 0.1) is 11.7 Å². The molecule has 0 fully saturated rings. The Morgan fingerprint density at radius 1 is 0.941 bits per heavy atom. The summed E-state index contributed by atoms with van der Waals surface area (Å²) in [7, 11) is 0. The van der Waals surface area contributed by atoms with Gasteiger partial charge in [-0.25, -0.2) is 0 Å². The summed E-state index contributed by atoms with van der Waals surface area (Å²) in [6, 6.07) is 16.5. The van der Waals surface area contributed by atoms with Gasteiger partial charge in [0, 0.05) is 10.9 Å². The molecule has 0 saturated carbocycles. The van der Waals surface area contributed by atoms with Crippen LogP contribution in [0.4, 0.5) is 0 Å². The maximum atomic E-state index is 4.14. The molecular weight excluding hydrogens is 208 g/mol. The van der Waals surface area contributed by atoms with E-state index in [4.69, 9.17) is 0 Å². The summed E-state index contributed by atoms with van der Waals surface area (Å²) in [5.74, 6) is 0. The van der Waals surface area contributed by atoms with Crippen molar-refractivity contribution in [3.63, 3.8) is 0 Å². The smallest absolute Gasteiger partial charge is 0.0935 e. The van der Waals surface area contributed by atoms with Crippen molar-refractivity contribution in [3.05, 3.63) is 60.3 Å². The SMILES string of the molecule is Cc1cccc(-c2cnnc3ccccc23)c1.